The third-order valence-electron chi connectivity index (χ3n) is 4.25. The Morgan fingerprint density at radius 2 is 1.79 bits per heavy atom. The molecule has 0 amide bonds. The van der Waals surface area contributed by atoms with Crippen LogP contribution >= 0.6 is 0 Å². The van der Waals surface area contributed by atoms with E-state index in [-0.39, 0.29) is 23.8 Å². The molecular formula is C19H22F2N2O4S. The third-order valence-corrected chi connectivity index (χ3v) is 6.17. The summed E-state index contributed by atoms with van der Waals surface area (Å²) < 4.78 is 64.2. The molecule has 1 aliphatic heterocycles. The van der Waals surface area contributed by atoms with Gasteiger partial charge in [-0.25, -0.2) is 17.2 Å². The maximum absolute atomic E-state index is 14.2. The van der Waals surface area contributed by atoms with Crippen molar-refractivity contribution in [2.24, 2.45) is 0 Å². The van der Waals surface area contributed by atoms with Crippen molar-refractivity contribution in [3.63, 3.8) is 0 Å². The van der Waals surface area contributed by atoms with E-state index in [0.717, 1.165) is 6.07 Å². The van der Waals surface area contributed by atoms with Crippen molar-refractivity contribution >= 4 is 15.7 Å². The highest BCUT2D eigenvalue weighted by molar-refractivity contribution is 7.89. The van der Waals surface area contributed by atoms with E-state index in [9.17, 15) is 17.2 Å². The molecule has 0 aliphatic carbocycles. The summed E-state index contributed by atoms with van der Waals surface area (Å²) in [4.78, 5) is -0.345. The van der Waals surface area contributed by atoms with Gasteiger partial charge in [0, 0.05) is 25.3 Å². The monoisotopic (exact) mass is 412 g/mol. The van der Waals surface area contributed by atoms with Crippen LogP contribution in [0.15, 0.2) is 47.4 Å². The number of hydrogen-bond donors (Lipinski definition) is 1. The van der Waals surface area contributed by atoms with Gasteiger partial charge in [-0.2, -0.15) is 4.31 Å². The van der Waals surface area contributed by atoms with E-state index >= 15 is 0 Å². The van der Waals surface area contributed by atoms with E-state index in [1.165, 1.54) is 28.6 Å². The molecule has 0 atom stereocenters. The Morgan fingerprint density at radius 1 is 1.07 bits per heavy atom. The first-order valence-electron chi connectivity index (χ1n) is 8.96. The predicted molar refractivity (Wildman–Crippen MR) is 101 cm³/mol. The van der Waals surface area contributed by atoms with E-state index in [0.29, 0.717) is 44.2 Å². The summed E-state index contributed by atoms with van der Waals surface area (Å²) in [6, 6.07) is 9.68. The van der Waals surface area contributed by atoms with E-state index < -0.39 is 15.8 Å². The lowest BCUT2D eigenvalue weighted by atomic mass is 10.3. The molecule has 0 aromatic heterocycles. The minimum absolute atomic E-state index is 0.208. The van der Waals surface area contributed by atoms with Crippen molar-refractivity contribution in [3.8, 4) is 5.75 Å². The largest absolute Gasteiger partial charge is 0.494 e. The fourth-order valence-electron chi connectivity index (χ4n) is 2.76. The standard InChI is InChI=1S/C19H22F2N2O4S/c20-15-2-5-17(6-3-15)27-11-1-8-22-16-4-7-18(21)19(14-16)28(24,25)23-9-12-26-13-10-23/h2-7,14,22H,1,8-13H2. The summed E-state index contributed by atoms with van der Waals surface area (Å²) >= 11 is 0. The topological polar surface area (TPSA) is 67.9 Å². The number of nitrogens with zero attached hydrogens (tertiary/aromatic N) is 1. The fraction of sp³-hybridized carbons (Fsp3) is 0.368. The summed E-state index contributed by atoms with van der Waals surface area (Å²) in [5.41, 5.74) is 0.509. The molecule has 6 nitrogen and oxygen atoms in total. The number of benzene rings is 2. The Kier molecular flexibility index (Phi) is 6.82. The van der Waals surface area contributed by atoms with Crippen LogP contribution in [0.1, 0.15) is 6.42 Å². The number of halogens is 2. The van der Waals surface area contributed by atoms with Gasteiger partial charge >= 0.3 is 0 Å². The summed E-state index contributed by atoms with van der Waals surface area (Å²) in [6.07, 6.45) is 0.625. The molecule has 1 aliphatic rings. The number of morpholine rings is 1. The molecule has 2 aromatic carbocycles. The molecule has 0 radical (unpaired) electrons. The van der Waals surface area contributed by atoms with E-state index in [2.05, 4.69) is 5.32 Å². The van der Waals surface area contributed by atoms with Gasteiger partial charge in [-0.3, -0.25) is 0 Å². The Hall–Kier alpha value is -2.23. The molecule has 1 heterocycles. The Balaban J connectivity index is 1.55. The van der Waals surface area contributed by atoms with Gasteiger partial charge in [0.25, 0.3) is 0 Å². The quantitative estimate of drug-likeness (QED) is 0.676. The smallest absolute Gasteiger partial charge is 0.246 e. The zero-order valence-corrected chi connectivity index (χ0v) is 16.1. The van der Waals surface area contributed by atoms with E-state index in [1.54, 1.807) is 12.1 Å². The van der Waals surface area contributed by atoms with Crippen LogP contribution in [0.3, 0.4) is 0 Å². The second-order valence-electron chi connectivity index (χ2n) is 6.24. The van der Waals surface area contributed by atoms with Crippen molar-refractivity contribution in [2.45, 2.75) is 11.3 Å². The van der Waals surface area contributed by atoms with Crippen LogP contribution in [0.25, 0.3) is 0 Å². The summed E-state index contributed by atoms with van der Waals surface area (Å²) in [5.74, 6) is -0.535. The second kappa shape index (κ2) is 9.31. The Bertz CT molecular complexity index is 885. The minimum Gasteiger partial charge on any atom is -0.494 e. The molecule has 1 N–H and O–H groups in total. The van der Waals surface area contributed by atoms with Gasteiger partial charge < -0.3 is 14.8 Å². The average molecular weight is 412 g/mol. The first-order chi connectivity index (χ1) is 13.5. The van der Waals surface area contributed by atoms with Crippen LogP contribution in [0.2, 0.25) is 0 Å². The SMILES string of the molecule is O=S(=O)(c1cc(NCCCOc2ccc(F)cc2)ccc1F)N1CCOCC1. The van der Waals surface area contributed by atoms with Crippen molar-refractivity contribution in [3.05, 3.63) is 54.1 Å². The van der Waals surface area contributed by atoms with Crippen LogP contribution < -0.4 is 10.1 Å². The Labute approximate surface area is 163 Å². The first kappa shape index (κ1) is 20.5. The molecule has 0 bridgehead atoms. The molecule has 1 saturated heterocycles. The van der Waals surface area contributed by atoms with Crippen LogP contribution in [-0.4, -0.2) is 52.2 Å². The van der Waals surface area contributed by atoms with E-state index in [1.807, 2.05) is 0 Å². The van der Waals surface area contributed by atoms with Gasteiger partial charge in [0.15, 0.2) is 0 Å². The third kappa shape index (κ3) is 5.18. The number of ether oxygens (including phenoxy) is 2. The molecule has 2 aromatic rings. The van der Waals surface area contributed by atoms with Crippen molar-refractivity contribution in [1.82, 2.24) is 4.31 Å². The molecule has 1 fully saturated rings. The molecule has 152 valence electrons. The molecule has 3 rings (SSSR count). The zero-order valence-electron chi connectivity index (χ0n) is 15.2. The number of sulfonamides is 1. The number of rotatable bonds is 8. The van der Waals surface area contributed by atoms with Gasteiger partial charge in [-0.1, -0.05) is 0 Å². The number of nitrogens with one attached hydrogen (secondary N) is 1. The highest BCUT2D eigenvalue weighted by Crippen LogP contribution is 2.24. The normalized spacial score (nSPS) is 15.4. The maximum Gasteiger partial charge on any atom is 0.246 e. The lowest BCUT2D eigenvalue weighted by Crippen LogP contribution is -2.40. The highest BCUT2D eigenvalue weighted by atomic mass is 32.2. The molecule has 0 saturated carbocycles. The van der Waals surface area contributed by atoms with Crippen LogP contribution in [0.4, 0.5) is 14.5 Å². The summed E-state index contributed by atoms with van der Waals surface area (Å²) in [7, 11) is -3.91. The lowest BCUT2D eigenvalue weighted by molar-refractivity contribution is 0.0729. The van der Waals surface area contributed by atoms with Crippen LogP contribution in [0.5, 0.6) is 5.75 Å². The van der Waals surface area contributed by atoms with Crippen molar-refractivity contribution < 1.29 is 26.7 Å². The maximum atomic E-state index is 14.2. The van der Waals surface area contributed by atoms with Crippen molar-refractivity contribution in [2.75, 3.05) is 44.8 Å². The minimum atomic E-state index is -3.91. The Morgan fingerprint density at radius 3 is 2.50 bits per heavy atom. The van der Waals surface area contributed by atoms with Crippen LogP contribution in [-0.2, 0) is 14.8 Å². The van der Waals surface area contributed by atoms with Crippen LogP contribution in [0, 0.1) is 11.6 Å². The molecule has 0 spiro atoms. The van der Waals surface area contributed by atoms with Gasteiger partial charge in [-0.15, -0.1) is 0 Å². The van der Waals surface area contributed by atoms with Gasteiger partial charge in [0.05, 0.1) is 19.8 Å². The molecular weight excluding hydrogens is 390 g/mol. The average Bonchev–Trinajstić information content (AvgIpc) is 2.71. The summed E-state index contributed by atoms with van der Waals surface area (Å²) in [5, 5.41) is 3.07. The molecule has 0 unspecified atom stereocenters. The van der Waals surface area contributed by atoms with Gasteiger partial charge in [0.2, 0.25) is 10.0 Å². The second-order valence-corrected chi connectivity index (χ2v) is 8.15. The lowest BCUT2D eigenvalue weighted by Gasteiger charge is -2.26. The zero-order chi connectivity index (χ0) is 20.0. The fourth-order valence-corrected chi connectivity index (χ4v) is 4.26. The predicted octanol–water partition coefficient (Wildman–Crippen LogP) is 2.87. The number of anilines is 1. The number of hydrogen-bond acceptors (Lipinski definition) is 5. The van der Waals surface area contributed by atoms with Gasteiger partial charge in [-0.05, 0) is 48.9 Å². The molecule has 9 heteroatoms. The molecule has 28 heavy (non-hydrogen) atoms. The highest BCUT2D eigenvalue weighted by Gasteiger charge is 2.29. The van der Waals surface area contributed by atoms with E-state index in [4.69, 9.17) is 9.47 Å². The summed E-state index contributed by atoms with van der Waals surface area (Å²) in [6.45, 7) is 1.92. The van der Waals surface area contributed by atoms with Gasteiger partial charge in [0.1, 0.15) is 22.3 Å². The first-order valence-corrected chi connectivity index (χ1v) is 10.4. The van der Waals surface area contributed by atoms with Crippen molar-refractivity contribution in [1.29, 1.82) is 0 Å².